The van der Waals surface area contributed by atoms with Crippen LogP contribution in [0.1, 0.15) is 97.9 Å². The molecule has 0 radical (unpaired) electrons. The summed E-state index contributed by atoms with van der Waals surface area (Å²) in [6.07, 6.45) is 11.5. The first-order chi connectivity index (χ1) is 27.8. The van der Waals surface area contributed by atoms with Gasteiger partial charge < -0.3 is 40.2 Å². The van der Waals surface area contributed by atoms with Gasteiger partial charge in [0.25, 0.3) is 5.91 Å². The van der Waals surface area contributed by atoms with Crippen LogP contribution in [0.2, 0.25) is 0 Å². The molecule has 0 spiro atoms. The third kappa shape index (κ3) is 37.1. The van der Waals surface area contributed by atoms with Crippen molar-refractivity contribution in [3.63, 3.8) is 0 Å². The Morgan fingerprint density at radius 1 is 0.828 bits per heavy atom. The molecule has 0 aliphatic heterocycles. The predicted octanol–water partition coefficient (Wildman–Crippen LogP) is 8.07. The van der Waals surface area contributed by atoms with Crippen LogP contribution in [-0.2, 0) is 23.8 Å². The van der Waals surface area contributed by atoms with Crippen molar-refractivity contribution < 1.29 is 33.3 Å². The number of hydrogen-bond acceptors (Lipinski definition) is 11. The summed E-state index contributed by atoms with van der Waals surface area (Å²) in [6.45, 7) is 20.6. The number of benzene rings is 1. The lowest BCUT2D eigenvalue weighted by Gasteiger charge is -2.14. The lowest BCUT2D eigenvalue weighted by Crippen LogP contribution is -2.28. The molecular weight excluding hydrogens is 779 g/mol. The highest BCUT2D eigenvalue weighted by atomic mass is 33.1. The average molecular weight is 852 g/mol. The first-order valence-corrected chi connectivity index (χ1v) is 23.0. The van der Waals surface area contributed by atoms with E-state index in [9.17, 15) is 14.4 Å². The highest BCUT2D eigenvalue weighted by Crippen LogP contribution is 2.20. The van der Waals surface area contributed by atoms with Crippen molar-refractivity contribution in [2.75, 3.05) is 70.9 Å². The molecule has 1 aromatic rings. The molecule has 1 aromatic carbocycles. The topological polar surface area (TPSA) is 185 Å². The van der Waals surface area contributed by atoms with Crippen LogP contribution < -0.4 is 26.0 Å². The minimum absolute atomic E-state index is 0.0355. The fraction of sp³-hybridized carbons (Fsp3) is 0.690. The Morgan fingerprint density at radius 2 is 1.53 bits per heavy atom. The van der Waals surface area contributed by atoms with Gasteiger partial charge in [0.1, 0.15) is 24.9 Å². The summed E-state index contributed by atoms with van der Waals surface area (Å²) in [6, 6.07) is 7.32. The number of carbonyl (C=O) groups is 3. The summed E-state index contributed by atoms with van der Waals surface area (Å²) >= 11 is 0. The van der Waals surface area contributed by atoms with Crippen LogP contribution in [0.5, 0.6) is 5.75 Å². The Bertz CT molecular complexity index is 1330. The molecule has 3 amide bonds. The third-order valence-electron chi connectivity index (χ3n) is 7.46. The van der Waals surface area contributed by atoms with Gasteiger partial charge in [0, 0.05) is 61.5 Å². The van der Waals surface area contributed by atoms with Crippen LogP contribution in [0.25, 0.3) is 10.4 Å². The molecule has 0 heterocycles. The van der Waals surface area contributed by atoms with Gasteiger partial charge in [-0.15, -0.1) is 0 Å². The van der Waals surface area contributed by atoms with E-state index in [4.69, 9.17) is 24.5 Å². The Kier molecular flexibility index (Phi) is 35.9. The molecule has 330 valence electrons. The standard InChI is InChI=1S/C25H39N5O5.C17H34N2O2S2/c1-19(2)8-6-12-27-23(31)17-33-14-15-34-24(29-30-26)18-35-22-11-5-10-21(16-22)25(32)28-13-7-9-20(3)4;1-15(2)8-7-10-19-17(20)9-5-6-12-21-14-23-22-13-11-18-16(3)4/h5-6,8,10-11,16,19-20,24H,7,9,12-15,17-18H2,1-4H3,(H,27,31)(H,28,32);7-8,15-16,18H,5-6,9-14H2,1-4H3,(H,19,20)/b8-6+;8-7+. The first kappa shape index (κ1) is 54.8. The molecule has 0 saturated heterocycles. The Hall–Kier alpha value is -3.24. The quantitative estimate of drug-likeness (QED) is 0.0103. The minimum Gasteiger partial charge on any atom is -0.491 e. The molecule has 0 bridgehead atoms. The molecular formula is C42H73N7O7S2. The summed E-state index contributed by atoms with van der Waals surface area (Å²) in [4.78, 5) is 38.4. The number of nitrogens with one attached hydrogen (secondary N) is 4. The number of ether oxygens (including phenoxy) is 4. The zero-order chi connectivity index (χ0) is 43.2. The Morgan fingerprint density at radius 3 is 2.19 bits per heavy atom. The molecule has 14 nitrogen and oxygen atoms in total. The number of nitrogens with zero attached hydrogens (tertiary/aromatic N) is 3. The summed E-state index contributed by atoms with van der Waals surface area (Å²) in [5, 5.41) is 15.5. The molecule has 0 aromatic heterocycles. The van der Waals surface area contributed by atoms with Gasteiger partial charge >= 0.3 is 0 Å². The van der Waals surface area contributed by atoms with E-state index in [0.29, 0.717) is 61.2 Å². The number of hydrogen-bond donors (Lipinski definition) is 4. The number of azide groups is 1. The van der Waals surface area contributed by atoms with E-state index in [-0.39, 0.29) is 44.1 Å². The fourth-order valence-electron chi connectivity index (χ4n) is 4.52. The minimum atomic E-state index is -0.882. The second-order valence-electron chi connectivity index (χ2n) is 14.7. The van der Waals surface area contributed by atoms with E-state index in [1.54, 1.807) is 35.1 Å². The zero-order valence-corrected chi connectivity index (χ0v) is 38.0. The molecule has 1 rings (SSSR count). The van der Waals surface area contributed by atoms with Gasteiger partial charge in [-0.2, -0.15) is 0 Å². The van der Waals surface area contributed by atoms with E-state index < -0.39 is 6.23 Å². The van der Waals surface area contributed by atoms with Crippen molar-refractivity contribution in [3.8, 4) is 5.75 Å². The summed E-state index contributed by atoms with van der Waals surface area (Å²) in [5.74, 6) is 3.57. The lowest BCUT2D eigenvalue weighted by atomic mass is 10.1. The van der Waals surface area contributed by atoms with Gasteiger partial charge in [0.05, 0.1) is 13.2 Å². The maximum Gasteiger partial charge on any atom is 0.251 e. The van der Waals surface area contributed by atoms with E-state index >= 15 is 0 Å². The van der Waals surface area contributed by atoms with Crippen LogP contribution in [0.3, 0.4) is 0 Å². The van der Waals surface area contributed by atoms with E-state index in [0.717, 1.165) is 50.5 Å². The maximum absolute atomic E-state index is 12.3. The molecule has 4 N–H and O–H groups in total. The normalized spacial score (nSPS) is 11.9. The summed E-state index contributed by atoms with van der Waals surface area (Å²) in [5.41, 5.74) is 9.27. The molecule has 58 heavy (non-hydrogen) atoms. The van der Waals surface area contributed by atoms with Gasteiger partial charge in [-0.3, -0.25) is 14.4 Å². The van der Waals surface area contributed by atoms with Gasteiger partial charge in [0.15, 0.2) is 6.23 Å². The maximum atomic E-state index is 12.3. The molecule has 0 saturated carbocycles. The van der Waals surface area contributed by atoms with Crippen molar-refractivity contribution in [1.29, 1.82) is 0 Å². The molecule has 0 fully saturated rings. The monoisotopic (exact) mass is 852 g/mol. The number of amides is 3. The molecule has 1 unspecified atom stereocenters. The lowest BCUT2D eigenvalue weighted by molar-refractivity contribution is -0.126. The highest BCUT2D eigenvalue weighted by molar-refractivity contribution is 8.76. The second-order valence-corrected chi connectivity index (χ2v) is 17.2. The van der Waals surface area contributed by atoms with Crippen LogP contribution >= 0.6 is 21.6 Å². The zero-order valence-electron chi connectivity index (χ0n) is 36.3. The average Bonchev–Trinajstić information content (AvgIpc) is 3.17. The number of allylic oxidation sites excluding steroid dienone is 2. The number of unbranched alkanes of at least 4 members (excludes halogenated alkanes) is 1. The molecule has 1 atom stereocenters. The largest absolute Gasteiger partial charge is 0.491 e. The number of rotatable bonds is 33. The van der Waals surface area contributed by atoms with Gasteiger partial charge in [-0.25, -0.2) is 0 Å². The van der Waals surface area contributed by atoms with Crippen LogP contribution in [0.15, 0.2) is 53.7 Å². The summed E-state index contributed by atoms with van der Waals surface area (Å²) in [7, 11) is 3.59. The molecule has 0 aliphatic rings. The molecule has 0 aliphatic carbocycles. The SMILES string of the molecule is CC(C)/C=C/CNC(=O)CCCCOCSSCCNC(C)C.CC(C)/C=C/CNC(=O)COCCOC(COc1cccc(C(=O)NCCCC(C)C)c1)N=[N+]=[N-]. The van der Waals surface area contributed by atoms with E-state index in [1.165, 1.54) is 0 Å². The van der Waals surface area contributed by atoms with Crippen LogP contribution in [-0.4, -0.2) is 101 Å². The van der Waals surface area contributed by atoms with Crippen LogP contribution in [0.4, 0.5) is 0 Å². The van der Waals surface area contributed by atoms with Crippen molar-refractivity contribution >= 4 is 39.3 Å². The Balaban J connectivity index is 0.00000123. The first-order valence-electron chi connectivity index (χ1n) is 20.5. The fourth-order valence-corrected chi connectivity index (χ4v) is 6.10. The number of carbonyl (C=O) groups excluding carboxylic acids is 3. The van der Waals surface area contributed by atoms with Crippen molar-refractivity contribution in [3.05, 3.63) is 64.6 Å². The smallest absolute Gasteiger partial charge is 0.251 e. The van der Waals surface area contributed by atoms with Gasteiger partial charge in [-0.1, -0.05) is 112 Å². The third-order valence-corrected chi connectivity index (χ3v) is 9.54. The van der Waals surface area contributed by atoms with E-state index in [2.05, 4.69) is 92.8 Å². The van der Waals surface area contributed by atoms with Gasteiger partial charge in [0.2, 0.25) is 11.8 Å². The van der Waals surface area contributed by atoms with Crippen molar-refractivity contribution in [2.45, 2.75) is 99.8 Å². The van der Waals surface area contributed by atoms with E-state index in [1.807, 2.05) is 29.0 Å². The highest BCUT2D eigenvalue weighted by Gasteiger charge is 2.11. The predicted molar refractivity (Wildman–Crippen MR) is 240 cm³/mol. The van der Waals surface area contributed by atoms with Crippen molar-refractivity contribution in [1.82, 2.24) is 21.3 Å². The van der Waals surface area contributed by atoms with Gasteiger partial charge in [-0.05, 0) is 67.2 Å². The molecule has 16 heteroatoms. The Labute approximate surface area is 356 Å². The summed E-state index contributed by atoms with van der Waals surface area (Å²) < 4.78 is 22.0. The second kappa shape index (κ2) is 38.0. The van der Waals surface area contributed by atoms with Crippen molar-refractivity contribution in [2.24, 2.45) is 22.9 Å². The van der Waals surface area contributed by atoms with Crippen LogP contribution in [0, 0.1) is 17.8 Å².